The van der Waals surface area contributed by atoms with E-state index < -0.39 is 5.76 Å². The lowest BCUT2D eigenvalue weighted by Crippen LogP contribution is -2.17. The van der Waals surface area contributed by atoms with Crippen LogP contribution in [-0.4, -0.2) is 4.57 Å². The van der Waals surface area contributed by atoms with Crippen molar-refractivity contribution in [1.29, 1.82) is 0 Å². The molecule has 3 rings (SSSR count). The van der Waals surface area contributed by atoms with Crippen LogP contribution in [-0.2, 0) is 6.73 Å². The molecular formula is C14H11NO3. The maximum Gasteiger partial charge on any atom is 0.422 e. The molecule has 0 spiro atoms. The van der Waals surface area contributed by atoms with E-state index in [1.807, 2.05) is 48.5 Å². The molecule has 4 nitrogen and oxygen atoms in total. The van der Waals surface area contributed by atoms with Crippen LogP contribution in [0.1, 0.15) is 0 Å². The van der Waals surface area contributed by atoms with E-state index >= 15 is 0 Å². The molecular weight excluding hydrogens is 230 g/mol. The van der Waals surface area contributed by atoms with Gasteiger partial charge in [-0.25, -0.2) is 9.36 Å². The van der Waals surface area contributed by atoms with E-state index in [9.17, 15) is 4.79 Å². The van der Waals surface area contributed by atoms with Crippen LogP contribution in [0, 0.1) is 0 Å². The van der Waals surface area contributed by atoms with Crippen molar-refractivity contribution in [2.24, 2.45) is 0 Å². The van der Waals surface area contributed by atoms with E-state index in [1.54, 1.807) is 6.07 Å². The van der Waals surface area contributed by atoms with Gasteiger partial charge in [-0.05, 0) is 24.3 Å². The summed E-state index contributed by atoms with van der Waals surface area (Å²) < 4.78 is 12.1. The Bertz CT molecular complexity index is 712. The van der Waals surface area contributed by atoms with Gasteiger partial charge >= 0.3 is 5.76 Å². The molecule has 0 aliphatic rings. The van der Waals surface area contributed by atoms with Crippen LogP contribution < -0.4 is 10.5 Å². The number of para-hydroxylation sites is 3. The topological polar surface area (TPSA) is 44.4 Å². The Balaban J connectivity index is 1.91. The second-order valence-corrected chi connectivity index (χ2v) is 3.85. The van der Waals surface area contributed by atoms with Gasteiger partial charge in [-0.2, -0.15) is 0 Å². The van der Waals surface area contributed by atoms with E-state index in [2.05, 4.69) is 0 Å². The van der Waals surface area contributed by atoms with Gasteiger partial charge < -0.3 is 9.15 Å². The molecule has 1 aromatic heterocycles. The van der Waals surface area contributed by atoms with Crippen LogP contribution in [0.2, 0.25) is 0 Å². The van der Waals surface area contributed by atoms with Crippen molar-refractivity contribution in [3.63, 3.8) is 0 Å². The van der Waals surface area contributed by atoms with Crippen molar-refractivity contribution in [1.82, 2.24) is 4.57 Å². The van der Waals surface area contributed by atoms with E-state index in [0.29, 0.717) is 5.58 Å². The number of aromatic nitrogens is 1. The summed E-state index contributed by atoms with van der Waals surface area (Å²) >= 11 is 0. The molecule has 3 aromatic rings. The minimum Gasteiger partial charge on any atom is -0.473 e. The second-order valence-electron chi connectivity index (χ2n) is 3.85. The normalized spacial score (nSPS) is 10.7. The van der Waals surface area contributed by atoms with Crippen LogP contribution in [0.15, 0.2) is 63.8 Å². The monoisotopic (exact) mass is 241 g/mol. The van der Waals surface area contributed by atoms with Crippen LogP contribution in [0.5, 0.6) is 5.75 Å². The number of ether oxygens (including phenoxy) is 1. The van der Waals surface area contributed by atoms with Crippen LogP contribution in [0.4, 0.5) is 0 Å². The third-order valence-corrected chi connectivity index (χ3v) is 2.68. The number of nitrogens with zero attached hydrogens (tertiary/aromatic N) is 1. The highest BCUT2D eigenvalue weighted by Gasteiger charge is 2.08. The minimum atomic E-state index is -0.410. The standard InChI is InChI=1S/C14H11NO3/c16-14-15(10-17-11-6-2-1-3-7-11)12-8-4-5-9-13(12)18-14/h1-9H,10H2. The molecule has 0 aliphatic heterocycles. The lowest BCUT2D eigenvalue weighted by atomic mass is 10.3. The van der Waals surface area contributed by atoms with Gasteiger partial charge in [-0.3, -0.25) is 0 Å². The number of benzene rings is 2. The van der Waals surface area contributed by atoms with Crippen LogP contribution in [0.25, 0.3) is 11.1 Å². The summed E-state index contributed by atoms with van der Waals surface area (Å²) in [6.07, 6.45) is 0. The first kappa shape index (κ1) is 10.7. The number of hydrogen-bond donors (Lipinski definition) is 0. The molecule has 2 aromatic carbocycles. The Morgan fingerprint density at radius 1 is 1.00 bits per heavy atom. The fourth-order valence-corrected chi connectivity index (χ4v) is 1.79. The zero-order chi connectivity index (χ0) is 12.4. The fourth-order valence-electron chi connectivity index (χ4n) is 1.79. The molecule has 0 radical (unpaired) electrons. The SMILES string of the molecule is O=c1oc2ccccc2n1COc1ccccc1. The molecule has 0 aliphatic carbocycles. The largest absolute Gasteiger partial charge is 0.473 e. The molecule has 1 heterocycles. The number of hydrogen-bond acceptors (Lipinski definition) is 3. The summed E-state index contributed by atoms with van der Waals surface area (Å²) in [5, 5.41) is 0. The molecule has 0 unspecified atom stereocenters. The van der Waals surface area contributed by atoms with Gasteiger partial charge in [0.1, 0.15) is 5.75 Å². The van der Waals surface area contributed by atoms with Crippen molar-refractivity contribution >= 4 is 11.1 Å². The highest BCUT2D eigenvalue weighted by Crippen LogP contribution is 2.13. The van der Waals surface area contributed by atoms with Gasteiger partial charge in [0.15, 0.2) is 12.3 Å². The predicted molar refractivity (Wildman–Crippen MR) is 67.5 cm³/mol. The summed E-state index contributed by atoms with van der Waals surface area (Å²) in [6, 6.07) is 16.6. The second kappa shape index (κ2) is 4.41. The molecule has 4 heteroatoms. The lowest BCUT2D eigenvalue weighted by Gasteiger charge is -2.05. The first-order valence-electron chi connectivity index (χ1n) is 5.61. The fraction of sp³-hybridized carbons (Fsp3) is 0.0714. The highest BCUT2D eigenvalue weighted by atomic mass is 16.5. The summed E-state index contributed by atoms with van der Waals surface area (Å²) in [5.41, 5.74) is 1.30. The Morgan fingerprint density at radius 2 is 1.72 bits per heavy atom. The average Bonchev–Trinajstić information content (AvgIpc) is 2.73. The van der Waals surface area contributed by atoms with Crippen molar-refractivity contribution < 1.29 is 9.15 Å². The number of rotatable bonds is 3. The summed E-state index contributed by atoms with van der Waals surface area (Å²) in [7, 11) is 0. The first-order valence-corrected chi connectivity index (χ1v) is 5.61. The minimum absolute atomic E-state index is 0.139. The molecule has 0 saturated heterocycles. The third-order valence-electron chi connectivity index (χ3n) is 2.68. The van der Waals surface area contributed by atoms with Crippen molar-refractivity contribution in [3.05, 3.63) is 65.1 Å². The van der Waals surface area contributed by atoms with Gasteiger partial charge in [-0.15, -0.1) is 0 Å². The van der Waals surface area contributed by atoms with Gasteiger partial charge in [0, 0.05) is 0 Å². The van der Waals surface area contributed by atoms with Crippen molar-refractivity contribution in [3.8, 4) is 5.75 Å². The van der Waals surface area contributed by atoms with Crippen LogP contribution >= 0.6 is 0 Å². The van der Waals surface area contributed by atoms with Gasteiger partial charge in [-0.1, -0.05) is 30.3 Å². The maximum absolute atomic E-state index is 11.7. The molecule has 90 valence electrons. The Labute approximate surface area is 103 Å². The Kier molecular flexibility index (Phi) is 2.61. The third kappa shape index (κ3) is 1.88. The first-order chi connectivity index (χ1) is 8.84. The molecule has 0 atom stereocenters. The Morgan fingerprint density at radius 3 is 2.56 bits per heavy atom. The summed E-state index contributed by atoms with van der Waals surface area (Å²) in [5.74, 6) is 0.307. The highest BCUT2D eigenvalue weighted by molar-refractivity contribution is 5.72. The zero-order valence-corrected chi connectivity index (χ0v) is 9.58. The smallest absolute Gasteiger partial charge is 0.422 e. The molecule has 0 N–H and O–H groups in total. The van der Waals surface area contributed by atoms with Crippen molar-refractivity contribution in [2.75, 3.05) is 0 Å². The molecule has 18 heavy (non-hydrogen) atoms. The predicted octanol–water partition coefficient (Wildman–Crippen LogP) is 2.63. The van der Waals surface area contributed by atoms with E-state index in [4.69, 9.17) is 9.15 Å². The lowest BCUT2D eigenvalue weighted by molar-refractivity contribution is 0.230. The zero-order valence-electron chi connectivity index (χ0n) is 9.58. The van der Waals surface area contributed by atoms with Crippen molar-refractivity contribution in [2.45, 2.75) is 6.73 Å². The van der Waals surface area contributed by atoms with E-state index in [-0.39, 0.29) is 6.73 Å². The van der Waals surface area contributed by atoms with Gasteiger partial charge in [0.05, 0.1) is 5.52 Å². The maximum atomic E-state index is 11.7. The van der Waals surface area contributed by atoms with Crippen LogP contribution in [0.3, 0.4) is 0 Å². The molecule has 0 fully saturated rings. The van der Waals surface area contributed by atoms with E-state index in [0.717, 1.165) is 11.3 Å². The van der Waals surface area contributed by atoms with Gasteiger partial charge in [0.25, 0.3) is 0 Å². The summed E-state index contributed by atoms with van der Waals surface area (Å²) in [6.45, 7) is 0.139. The average molecular weight is 241 g/mol. The molecule has 0 bridgehead atoms. The molecule has 0 amide bonds. The quantitative estimate of drug-likeness (QED) is 0.708. The number of oxazole rings is 1. The summed E-state index contributed by atoms with van der Waals surface area (Å²) in [4.78, 5) is 11.7. The number of fused-ring (bicyclic) bond motifs is 1. The van der Waals surface area contributed by atoms with Gasteiger partial charge in [0.2, 0.25) is 0 Å². The Hall–Kier alpha value is -2.49. The molecule has 0 saturated carbocycles. The van der Waals surface area contributed by atoms with E-state index in [1.165, 1.54) is 4.57 Å².